The summed E-state index contributed by atoms with van der Waals surface area (Å²) in [6, 6.07) is 8.87. The molecule has 0 fully saturated rings. The number of hydrogen-bond acceptors (Lipinski definition) is 3. The first-order valence-electron chi connectivity index (χ1n) is 9.95. The molecule has 0 bridgehead atoms. The molecule has 148 valence electrons. The minimum Gasteiger partial charge on any atom is -0.344 e. The van der Waals surface area contributed by atoms with Gasteiger partial charge < -0.3 is 10.2 Å². The van der Waals surface area contributed by atoms with Gasteiger partial charge in [-0.05, 0) is 60.6 Å². The van der Waals surface area contributed by atoms with Gasteiger partial charge in [0.15, 0.2) is 0 Å². The number of allylic oxidation sites excluding steroid dienone is 2. The molecule has 4 rings (SSSR count). The van der Waals surface area contributed by atoms with Gasteiger partial charge in [0.25, 0.3) is 0 Å². The lowest BCUT2D eigenvalue weighted by Crippen LogP contribution is -2.29. The standard InChI is InChI=1S/C24H24FN3O/c1-17-8-10-20-15-18(16-26-24(20)27-17)9-11-23(29)28-13-4-5-19(12-14-28)21-6-2-3-7-22(21)25/h2-3,6-7,9,11-12,15-16H,1,4-5,8,10,13-14H2,(H,26,27)/b11-9+. The van der Waals surface area contributed by atoms with Crippen LogP contribution in [0.4, 0.5) is 10.2 Å². The van der Waals surface area contributed by atoms with E-state index in [0.29, 0.717) is 18.7 Å². The Morgan fingerprint density at radius 3 is 2.97 bits per heavy atom. The predicted octanol–water partition coefficient (Wildman–Crippen LogP) is 4.81. The molecule has 0 saturated carbocycles. The number of amides is 1. The zero-order chi connectivity index (χ0) is 20.2. The fourth-order valence-corrected chi connectivity index (χ4v) is 3.75. The first-order valence-corrected chi connectivity index (χ1v) is 9.95. The second-order valence-electron chi connectivity index (χ2n) is 7.44. The lowest BCUT2D eigenvalue weighted by molar-refractivity contribution is -0.125. The van der Waals surface area contributed by atoms with Crippen molar-refractivity contribution in [2.45, 2.75) is 25.7 Å². The van der Waals surface area contributed by atoms with Crippen LogP contribution in [0.5, 0.6) is 0 Å². The number of nitrogens with one attached hydrogen (secondary N) is 1. The number of carbonyl (C=O) groups is 1. The van der Waals surface area contributed by atoms with Crippen LogP contribution in [0.1, 0.15) is 36.0 Å². The molecule has 0 unspecified atom stereocenters. The minimum atomic E-state index is -0.212. The van der Waals surface area contributed by atoms with Gasteiger partial charge in [-0.25, -0.2) is 9.37 Å². The Hall–Kier alpha value is -3.21. The molecular formula is C24H24FN3O. The molecule has 1 aromatic carbocycles. The van der Waals surface area contributed by atoms with E-state index in [2.05, 4.69) is 22.9 Å². The molecule has 3 heterocycles. The van der Waals surface area contributed by atoms with Crippen LogP contribution in [0.15, 0.2) is 61.0 Å². The quantitative estimate of drug-likeness (QED) is 0.766. The summed E-state index contributed by atoms with van der Waals surface area (Å²) in [5.74, 6) is 0.597. The van der Waals surface area contributed by atoms with Crippen molar-refractivity contribution in [2.24, 2.45) is 0 Å². The topological polar surface area (TPSA) is 45.2 Å². The third kappa shape index (κ3) is 4.45. The summed E-state index contributed by atoms with van der Waals surface area (Å²) in [5.41, 5.74) is 4.62. The lowest BCUT2D eigenvalue weighted by atomic mass is 10.0. The number of anilines is 1. The number of benzene rings is 1. The van der Waals surface area contributed by atoms with Crippen LogP contribution in [0.3, 0.4) is 0 Å². The molecule has 1 aromatic heterocycles. The number of fused-ring (bicyclic) bond motifs is 1. The number of rotatable bonds is 3. The number of hydrogen-bond donors (Lipinski definition) is 1. The molecule has 0 aliphatic carbocycles. The molecule has 4 nitrogen and oxygen atoms in total. The highest BCUT2D eigenvalue weighted by Crippen LogP contribution is 2.26. The van der Waals surface area contributed by atoms with Gasteiger partial charge in [-0.3, -0.25) is 4.79 Å². The van der Waals surface area contributed by atoms with E-state index in [4.69, 9.17) is 0 Å². The van der Waals surface area contributed by atoms with Gasteiger partial charge in [-0.15, -0.1) is 0 Å². The maximum absolute atomic E-state index is 14.1. The first kappa shape index (κ1) is 19.1. The zero-order valence-corrected chi connectivity index (χ0v) is 16.3. The number of aromatic nitrogens is 1. The molecule has 0 spiro atoms. The van der Waals surface area contributed by atoms with Crippen LogP contribution in [0.25, 0.3) is 11.6 Å². The summed E-state index contributed by atoms with van der Waals surface area (Å²) in [7, 11) is 0. The molecule has 2 aliphatic heterocycles. The Labute approximate surface area is 170 Å². The number of aryl methyl sites for hydroxylation is 1. The smallest absolute Gasteiger partial charge is 0.246 e. The fourth-order valence-electron chi connectivity index (χ4n) is 3.75. The average molecular weight is 389 g/mol. The number of halogens is 1. The van der Waals surface area contributed by atoms with Crippen molar-refractivity contribution in [1.29, 1.82) is 0 Å². The molecule has 1 N–H and O–H groups in total. The van der Waals surface area contributed by atoms with Crippen LogP contribution in [-0.4, -0.2) is 28.9 Å². The van der Waals surface area contributed by atoms with Crippen molar-refractivity contribution < 1.29 is 9.18 Å². The molecule has 2 aliphatic rings. The van der Waals surface area contributed by atoms with E-state index < -0.39 is 0 Å². The van der Waals surface area contributed by atoms with Gasteiger partial charge >= 0.3 is 0 Å². The Bertz CT molecular complexity index is 1010. The minimum absolute atomic E-state index is 0.0414. The maximum atomic E-state index is 14.1. The normalized spacial score (nSPS) is 16.8. The predicted molar refractivity (Wildman–Crippen MR) is 115 cm³/mol. The summed E-state index contributed by atoms with van der Waals surface area (Å²) < 4.78 is 14.1. The van der Waals surface area contributed by atoms with E-state index in [1.807, 2.05) is 18.2 Å². The van der Waals surface area contributed by atoms with Crippen molar-refractivity contribution in [3.8, 4) is 0 Å². The summed E-state index contributed by atoms with van der Waals surface area (Å²) in [4.78, 5) is 18.9. The van der Waals surface area contributed by atoms with Gasteiger partial charge in [0.1, 0.15) is 11.6 Å². The Balaban J connectivity index is 1.43. The van der Waals surface area contributed by atoms with Crippen molar-refractivity contribution >= 4 is 23.4 Å². The van der Waals surface area contributed by atoms with Crippen LogP contribution in [0.2, 0.25) is 0 Å². The van der Waals surface area contributed by atoms with E-state index in [9.17, 15) is 9.18 Å². The molecule has 0 radical (unpaired) electrons. The highest BCUT2D eigenvalue weighted by Gasteiger charge is 2.16. The Morgan fingerprint density at radius 2 is 2.10 bits per heavy atom. The third-order valence-corrected chi connectivity index (χ3v) is 5.36. The van der Waals surface area contributed by atoms with Crippen molar-refractivity contribution in [2.75, 3.05) is 18.4 Å². The average Bonchev–Trinajstić information content (AvgIpc) is 2.98. The number of carbonyl (C=O) groups excluding carboxylic acids is 1. The van der Waals surface area contributed by atoms with E-state index in [1.165, 1.54) is 6.07 Å². The molecule has 2 aromatic rings. The van der Waals surface area contributed by atoms with Gasteiger partial charge in [0, 0.05) is 36.6 Å². The summed E-state index contributed by atoms with van der Waals surface area (Å²) in [6.45, 7) is 5.09. The fraction of sp³-hybridized carbons (Fsp3) is 0.250. The molecule has 5 heteroatoms. The van der Waals surface area contributed by atoms with Gasteiger partial charge in [-0.2, -0.15) is 0 Å². The van der Waals surface area contributed by atoms with Gasteiger partial charge in [0.05, 0.1) is 0 Å². The maximum Gasteiger partial charge on any atom is 0.246 e. The Morgan fingerprint density at radius 1 is 1.24 bits per heavy atom. The highest BCUT2D eigenvalue weighted by molar-refractivity contribution is 5.92. The van der Waals surface area contributed by atoms with Crippen LogP contribution < -0.4 is 5.32 Å². The number of pyridine rings is 1. The van der Waals surface area contributed by atoms with Crippen molar-refractivity contribution in [1.82, 2.24) is 9.88 Å². The molecule has 0 saturated heterocycles. The zero-order valence-electron chi connectivity index (χ0n) is 16.3. The lowest BCUT2D eigenvalue weighted by Gasteiger charge is -2.19. The van der Waals surface area contributed by atoms with Crippen molar-refractivity contribution in [3.63, 3.8) is 0 Å². The summed E-state index contributed by atoms with van der Waals surface area (Å²) >= 11 is 0. The first-order chi connectivity index (χ1) is 14.1. The van der Waals surface area contributed by atoms with E-state index in [1.54, 1.807) is 29.3 Å². The number of nitrogens with zero attached hydrogens (tertiary/aromatic N) is 2. The van der Waals surface area contributed by atoms with Crippen molar-refractivity contribution in [3.05, 3.63) is 83.5 Å². The monoisotopic (exact) mass is 389 g/mol. The van der Waals surface area contributed by atoms with Crippen LogP contribution >= 0.6 is 0 Å². The molecule has 29 heavy (non-hydrogen) atoms. The highest BCUT2D eigenvalue weighted by atomic mass is 19.1. The largest absolute Gasteiger partial charge is 0.344 e. The molecule has 1 amide bonds. The second-order valence-corrected chi connectivity index (χ2v) is 7.44. The van der Waals surface area contributed by atoms with Gasteiger partial charge in [-0.1, -0.05) is 30.9 Å². The second kappa shape index (κ2) is 8.43. The van der Waals surface area contributed by atoms with E-state index in [0.717, 1.165) is 53.9 Å². The van der Waals surface area contributed by atoms with Gasteiger partial charge in [0.2, 0.25) is 5.91 Å². The van der Waals surface area contributed by atoms with E-state index >= 15 is 0 Å². The third-order valence-electron chi connectivity index (χ3n) is 5.36. The summed E-state index contributed by atoms with van der Waals surface area (Å²) in [6.07, 6.45) is 10.5. The van der Waals surface area contributed by atoms with Crippen LogP contribution in [0, 0.1) is 5.82 Å². The van der Waals surface area contributed by atoms with E-state index in [-0.39, 0.29) is 11.7 Å². The molecule has 0 atom stereocenters. The summed E-state index contributed by atoms with van der Waals surface area (Å²) in [5, 5.41) is 3.19. The molecular weight excluding hydrogens is 365 g/mol. The van der Waals surface area contributed by atoms with Crippen LogP contribution in [-0.2, 0) is 11.2 Å². The SMILES string of the molecule is C=C1CCc2cc(/C=C/C(=O)N3CC=C(c4ccccc4F)CCC3)cnc2N1. The Kier molecular flexibility index (Phi) is 5.56.